The number of methoxy groups -OCH3 is 1. The van der Waals surface area contributed by atoms with Crippen molar-refractivity contribution in [2.75, 3.05) is 13.7 Å². The van der Waals surface area contributed by atoms with E-state index in [-0.39, 0.29) is 5.92 Å². The molecular weight excluding hydrogens is 242 g/mol. The largest absolute Gasteiger partial charge is 0.497 e. The lowest BCUT2D eigenvalue weighted by Gasteiger charge is -2.11. The van der Waals surface area contributed by atoms with E-state index in [0.29, 0.717) is 18.3 Å². The van der Waals surface area contributed by atoms with Crippen LogP contribution in [0.4, 0.5) is 0 Å². The van der Waals surface area contributed by atoms with Gasteiger partial charge in [-0.1, -0.05) is 19.1 Å². The van der Waals surface area contributed by atoms with Crippen LogP contribution in [-0.2, 0) is 12.8 Å². The molecule has 2 aromatic rings. The minimum absolute atomic E-state index is 0.0416. The third-order valence-corrected chi connectivity index (χ3v) is 3.03. The summed E-state index contributed by atoms with van der Waals surface area (Å²) in [6.07, 6.45) is 1.50. The summed E-state index contributed by atoms with van der Waals surface area (Å²) in [4.78, 5) is 0. The van der Waals surface area contributed by atoms with E-state index in [2.05, 4.69) is 10.2 Å². The second-order valence-corrected chi connectivity index (χ2v) is 4.38. The zero-order valence-corrected chi connectivity index (χ0v) is 11.3. The first kappa shape index (κ1) is 13.5. The average Bonchev–Trinajstić information content (AvgIpc) is 2.93. The van der Waals surface area contributed by atoms with Crippen LogP contribution < -0.4 is 10.5 Å². The quantitative estimate of drug-likeness (QED) is 0.860. The molecule has 0 spiro atoms. The second kappa shape index (κ2) is 6.33. The Labute approximate surface area is 112 Å². The molecule has 1 aromatic heterocycles. The van der Waals surface area contributed by atoms with E-state index in [1.165, 1.54) is 0 Å². The van der Waals surface area contributed by atoms with Crippen LogP contribution in [0.1, 0.15) is 30.2 Å². The summed E-state index contributed by atoms with van der Waals surface area (Å²) in [5.74, 6) is 2.15. The molecule has 5 nitrogen and oxygen atoms in total. The van der Waals surface area contributed by atoms with E-state index in [0.717, 1.165) is 24.2 Å². The van der Waals surface area contributed by atoms with E-state index in [1.807, 2.05) is 31.2 Å². The van der Waals surface area contributed by atoms with Crippen molar-refractivity contribution in [3.05, 3.63) is 41.6 Å². The number of aryl methyl sites for hydroxylation is 1. The van der Waals surface area contributed by atoms with Crippen molar-refractivity contribution in [3.63, 3.8) is 0 Å². The molecule has 1 aromatic carbocycles. The molecule has 0 saturated heterocycles. The summed E-state index contributed by atoms with van der Waals surface area (Å²) < 4.78 is 10.8. The molecule has 102 valence electrons. The Hall–Kier alpha value is -1.88. The van der Waals surface area contributed by atoms with Crippen LogP contribution in [-0.4, -0.2) is 23.9 Å². The van der Waals surface area contributed by atoms with Gasteiger partial charge >= 0.3 is 0 Å². The Kier molecular flexibility index (Phi) is 4.52. The first-order valence-electron chi connectivity index (χ1n) is 6.42. The summed E-state index contributed by atoms with van der Waals surface area (Å²) in [6.45, 7) is 2.46. The molecular formula is C14H19N3O2. The van der Waals surface area contributed by atoms with Gasteiger partial charge in [0.25, 0.3) is 0 Å². The Morgan fingerprint density at radius 1 is 1.37 bits per heavy atom. The Morgan fingerprint density at radius 3 is 2.84 bits per heavy atom. The first-order valence-corrected chi connectivity index (χ1v) is 6.42. The van der Waals surface area contributed by atoms with Crippen molar-refractivity contribution in [3.8, 4) is 5.75 Å². The zero-order chi connectivity index (χ0) is 13.7. The SMILES string of the molecule is CCc1nnc(C(CN)Cc2cccc(OC)c2)o1. The van der Waals surface area contributed by atoms with Gasteiger partial charge in [-0.3, -0.25) is 0 Å². The van der Waals surface area contributed by atoms with Crippen LogP contribution in [0.2, 0.25) is 0 Å². The maximum atomic E-state index is 5.81. The van der Waals surface area contributed by atoms with Gasteiger partial charge in [0.1, 0.15) is 5.75 Å². The first-order chi connectivity index (χ1) is 9.26. The molecule has 1 heterocycles. The van der Waals surface area contributed by atoms with Gasteiger partial charge < -0.3 is 14.9 Å². The number of nitrogens with zero attached hydrogens (tertiary/aromatic N) is 2. The van der Waals surface area contributed by atoms with E-state index in [1.54, 1.807) is 7.11 Å². The number of hydrogen-bond acceptors (Lipinski definition) is 5. The molecule has 2 N–H and O–H groups in total. The molecule has 19 heavy (non-hydrogen) atoms. The highest BCUT2D eigenvalue weighted by atomic mass is 16.5. The highest BCUT2D eigenvalue weighted by Gasteiger charge is 2.17. The Bertz CT molecular complexity index is 525. The molecule has 0 aliphatic carbocycles. The molecule has 1 atom stereocenters. The van der Waals surface area contributed by atoms with E-state index in [9.17, 15) is 0 Å². The van der Waals surface area contributed by atoms with Crippen molar-refractivity contribution >= 4 is 0 Å². The van der Waals surface area contributed by atoms with E-state index < -0.39 is 0 Å². The normalized spacial score (nSPS) is 12.4. The van der Waals surface area contributed by atoms with Crippen molar-refractivity contribution < 1.29 is 9.15 Å². The van der Waals surface area contributed by atoms with Gasteiger partial charge in [0, 0.05) is 13.0 Å². The van der Waals surface area contributed by atoms with Crippen LogP contribution in [0.15, 0.2) is 28.7 Å². The predicted octanol–water partition coefficient (Wildman–Crippen LogP) is 1.93. The van der Waals surface area contributed by atoms with E-state index in [4.69, 9.17) is 14.9 Å². The van der Waals surface area contributed by atoms with Gasteiger partial charge in [-0.15, -0.1) is 10.2 Å². The second-order valence-electron chi connectivity index (χ2n) is 4.38. The lowest BCUT2D eigenvalue weighted by atomic mass is 9.99. The fourth-order valence-corrected chi connectivity index (χ4v) is 1.93. The van der Waals surface area contributed by atoms with Gasteiger partial charge in [0.2, 0.25) is 11.8 Å². The number of ether oxygens (including phenoxy) is 1. The summed E-state index contributed by atoms with van der Waals surface area (Å²) in [6, 6.07) is 7.93. The lowest BCUT2D eigenvalue weighted by molar-refractivity contribution is 0.410. The van der Waals surface area contributed by atoms with Crippen molar-refractivity contribution in [1.82, 2.24) is 10.2 Å². The fourth-order valence-electron chi connectivity index (χ4n) is 1.93. The summed E-state index contributed by atoms with van der Waals surface area (Å²) in [7, 11) is 1.66. The van der Waals surface area contributed by atoms with Gasteiger partial charge in [0.05, 0.1) is 13.0 Å². The molecule has 5 heteroatoms. The van der Waals surface area contributed by atoms with Crippen LogP contribution >= 0.6 is 0 Å². The van der Waals surface area contributed by atoms with Crippen LogP contribution in [0.25, 0.3) is 0 Å². The predicted molar refractivity (Wildman–Crippen MR) is 72.2 cm³/mol. The molecule has 0 bridgehead atoms. The van der Waals surface area contributed by atoms with Crippen molar-refractivity contribution in [1.29, 1.82) is 0 Å². The third-order valence-electron chi connectivity index (χ3n) is 3.03. The molecule has 0 fully saturated rings. The zero-order valence-electron chi connectivity index (χ0n) is 11.3. The average molecular weight is 261 g/mol. The maximum Gasteiger partial charge on any atom is 0.221 e. The molecule has 0 radical (unpaired) electrons. The highest BCUT2D eigenvalue weighted by Crippen LogP contribution is 2.21. The van der Waals surface area contributed by atoms with Crippen molar-refractivity contribution in [2.24, 2.45) is 5.73 Å². The molecule has 0 amide bonds. The van der Waals surface area contributed by atoms with E-state index >= 15 is 0 Å². The number of rotatable bonds is 6. The van der Waals surface area contributed by atoms with Gasteiger partial charge in [-0.05, 0) is 24.1 Å². The number of aromatic nitrogens is 2. The minimum atomic E-state index is 0.0416. The lowest BCUT2D eigenvalue weighted by Crippen LogP contribution is -2.15. The number of hydrogen-bond donors (Lipinski definition) is 1. The third kappa shape index (κ3) is 3.32. The maximum absolute atomic E-state index is 5.81. The van der Waals surface area contributed by atoms with Crippen LogP contribution in [0.5, 0.6) is 5.75 Å². The van der Waals surface area contributed by atoms with Gasteiger partial charge in [0.15, 0.2) is 0 Å². The standard InChI is InChI=1S/C14H19N3O2/c1-3-13-16-17-14(19-13)11(9-15)7-10-5-4-6-12(8-10)18-2/h4-6,8,11H,3,7,9,15H2,1-2H3. The fraction of sp³-hybridized carbons (Fsp3) is 0.429. The molecule has 0 aliphatic rings. The minimum Gasteiger partial charge on any atom is -0.497 e. The van der Waals surface area contributed by atoms with Crippen LogP contribution in [0.3, 0.4) is 0 Å². The topological polar surface area (TPSA) is 74.2 Å². The monoisotopic (exact) mass is 261 g/mol. The number of benzene rings is 1. The Morgan fingerprint density at radius 2 is 2.21 bits per heavy atom. The smallest absolute Gasteiger partial charge is 0.221 e. The number of nitrogens with two attached hydrogens (primary N) is 1. The summed E-state index contributed by atoms with van der Waals surface area (Å²) in [5.41, 5.74) is 6.96. The Balaban J connectivity index is 2.13. The van der Waals surface area contributed by atoms with Crippen LogP contribution in [0, 0.1) is 0 Å². The van der Waals surface area contributed by atoms with Crippen molar-refractivity contribution in [2.45, 2.75) is 25.7 Å². The van der Waals surface area contributed by atoms with Gasteiger partial charge in [-0.2, -0.15) is 0 Å². The molecule has 2 rings (SSSR count). The molecule has 0 saturated carbocycles. The highest BCUT2D eigenvalue weighted by molar-refractivity contribution is 5.29. The summed E-state index contributed by atoms with van der Waals surface area (Å²) in [5, 5.41) is 8.05. The molecule has 0 aliphatic heterocycles. The van der Waals surface area contributed by atoms with Gasteiger partial charge in [-0.25, -0.2) is 0 Å². The molecule has 1 unspecified atom stereocenters. The summed E-state index contributed by atoms with van der Waals surface area (Å²) >= 11 is 0.